The molecule has 4 nitrogen and oxygen atoms in total. The van der Waals surface area contributed by atoms with Gasteiger partial charge < -0.3 is 10.1 Å². The lowest BCUT2D eigenvalue weighted by Crippen LogP contribution is -2.57. The van der Waals surface area contributed by atoms with Crippen LogP contribution in [0, 0.1) is 5.82 Å². The molecule has 0 spiro atoms. The van der Waals surface area contributed by atoms with Gasteiger partial charge in [-0.2, -0.15) is 0 Å². The van der Waals surface area contributed by atoms with E-state index in [0.717, 1.165) is 22.4 Å². The summed E-state index contributed by atoms with van der Waals surface area (Å²) >= 11 is 0. The maximum atomic E-state index is 15.1. The highest BCUT2D eigenvalue weighted by atomic mass is 19.1. The lowest BCUT2D eigenvalue weighted by molar-refractivity contribution is -0.145. The molecule has 5 rings (SSSR count). The third-order valence-corrected chi connectivity index (χ3v) is 6.41. The van der Waals surface area contributed by atoms with E-state index in [4.69, 9.17) is 9.73 Å². The van der Waals surface area contributed by atoms with Gasteiger partial charge in [-0.1, -0.05) is 91.0 Å². The van der Waals surface area contributed by atoms with Gasteiger partial charge in [0.1, 0.15) is 11.9 Å². The molecule has 0 aromatic heterocycles. The number of halogens is 1. The topological polar surface area (TPSA) is 50.7 Å². The Labute approximate surface area is 210 Å². The van der Waals surface area contributed by atoms with E-state index in [0.29, 0.717) is 17.7 Å². The molecule has 180 valence electrons. The second kappa shape index (κ2) is 10.3. The zero-order valence-corrected chi connectivity index (χ0v) is 20.0. The van der Waals surface area contributed by atoms with Gasteiger partial charge in [0.25, 0.3) is 0 Å². The molecule has 1 saturated heterocycles. The Balaban J connectivity index is 1.45. The maximum absolute atomic E-state index is 15.1. The molecule has 1 amide bonds. The predicted molar refractivity (Wildman–Crippen MR) is 140 cm³/mol. The number of nitrogens with zero attached hydrogens (tertiary/aromatic N) is 1. The van der Waals surface area contributed by atoms with Gasteiger partial charge in [0.05, 0.1) is 23.5 Å². The van der Waals surface area contributed by atoms with Crippen molar-refractivity contribution in [2.45, 2.75) is 25.0 Å². The Morgan fingerprint density at radius 1 is 0.917 bits per heavy atom. The number of amides is 1. The first-order valence-electron chi connectivity index (χ1n) is 12.0. The van der Waals surface area contributed by atoms with Crippen molar-refractivity contribution in [3.63, 3.8) is 0 Å². The maximum Gasteiger partial charge on any atom is 0.250 e. The van der Waals surface area contributed by atoms with Crippen molar-refractivity contribution < 1.29 is 13.9 Å². The molecular formula is C31H27FN2O2. The minimum Gasteiger partial charge on any atom is -0.365 e. The van der Waals surface area contributed by atoms with Crippen molar-refractivity contribution in [3.05, 3.63) is 137 Å². The van der Waals surface area contributed by atoms with Crippen molar-refractivity contribution in [2.24, 2.45) is 4.99 Å². The average Bonchev–Trinajstić information content (AvgIpc) is 2.91. The molecule has 1 aliphatic heterocycles. The van der Waals surface area contributed by atoms with E-state index in [1.165, 1.54) is 6.07 Å². The van der Waals surface area contributed by atoms with Crippen molar-refractivity contribution >= 4 is 17.3 Å². The zero-order valence-electron chi connectivity index (χ0n) is 20.0. The summed E-state index contributed by atoms with van der Waals surface area (Å²) in [6, 6.07) is 34.2. The van der Waals surface area contributed by atoms with Gasteiger partial charge in [-0.3, -0.25) is 4.79 Å². The van der Waals surface area contributed by atoms with Crippen LogP contribution < -0.4 is 5.32 Å². The van der Waals surface area contributed by atoms with Crippen molar-refractivity contribution in [2.75, 3.05) is 6.61 Å². The molecule has 0 unspecified atom stereocenters. The number of nitrogens with one attached hydrogen (secondary N) is 1. The second-order valence-corrected chi connectivity index (χ2v) is 9.17. The fraction of sp³-hybridized carbons (Fsp3) is 0.161. The number of rotatable bonds is 6. The Morgan fingerprint density at radius 2 is 1.50 bits per heavy atom. The van der Waals surface area contributed by atoms with Crippen LogP contribution in [0.25, 0.3) is 0 Å². The van der Waals surface area contributed by atoms with Crippen LogP contribution in [0.2, 0.25) is 0 Å². The number of hydrogen-bond donors (Lipinski definition) is 1. The highest BCUT2D eigenvalue weighted by Crippen LogP contribution is 2.32. The largest absolute Gasteiger partial charge is 0.365 e. The standard InChI is InChI=1S/C31H27FN2O2/c1-31(21-36-28(30(35)34-31)19-22-11-5-2-6-12-22)26-20-25(17-18-27(26)32)33-29(23-13-7-3-8-14-23)24-15-9-4-10-16-24/h2-18,20,28H,19,21H2,1H3,(H,34,35)/t28-,31-/m1/s1. The van der Waals surface area contributed by atoms with Gasteiger partial charge in [-0.25, -0.2) is 9.38 Å². The van der Waals surface area contributed by atoms with E-state index in [2.05, 4.69) is 5.32 Å². The summed E-state index contributed by atoms with van der Waals surface area (Å²) in [6.45, 7) is 1.94. The van der Waals surface area contributed by atoms with E-state index in [1.54, 1.807) is 19.1 Å². The fourth-order valence-corrected chi connectivity index (χ4v) is 4.48. The molecule has 0 radical (unpaired) electrons. The Morgan fingerprint density at radius 3 is 2.08 bits per heavy atom. The summed E-state index contributed by atoms with van der Waals surface area (Å²) < 4.78 is 21.1. The van der Waals surface area contributed by atoms with Crippen molar-refractivity contribution in [3.8, 4) is 0 Å². The molecule has 4 aromatic rings. The van der Waals surface area contributed by atoms with Gasteiger partial charge in [-0.15, -0.1) is 0 Å². The minimum absolute atomic E-state index is 0.157. The van der Waals surface area contributed by atoms with Crippen LogP contribution in [-0.4, -0.2) is 24.3 Å². The first kappa shape index (κ1) is 23.6. The van der Waals surface area contributed by atoms with Crippen LogP contribution >= 0.6 is 0 Å². The molecule has 0 aliphatic carbocycles. The third kappa shape index (κ3) is 5.11. The Hall–Kier alpha value is -4.09. The number of ether oxygens (including phenoxy) is 1. The van der Waals surface area contributed by atoms with E-state index >= 15 is 4.39 Å². The molecule has 1 aliphatic rings. The van der Waals surface area contributed by atoms with Gasteiger partial charge in [0.2, 0.25) is 5.91 Å². The molecule has 0 saturated carbocycles. The number of benzene rings is 4. The minimum atomic E-state index is -1.01. The first-order chi connectivity index (χ1) is 17.5. The summed E-state index contributed by atoms with van der Waals surface area (Å²) in [5.41, 5.74) is 3.63. The highest BCUT2D eigenvalue weighted by molar-refractivity contribution is 6.13. The summed E-state index contributed by atoms with van der Waals surface area (Å²) in [4.78, 5) is 17.9. The fourth-order valence-electron chi connectivity index (χ4n) is 4.48. The van der Waals surface area contributed by atoms with E-state index in [1.807, 2.05) is 91.0 Å². The predicted octanol–water partition coefficient (Wildman–Crippen LogP) is 5.97. The van der Waals surface area contributed by atoms with Crippen molar-refractivity contribution in [1.82, 2.24) is 5.32 Å². The van der Waals surface area contributed by atoms with Gasteiger partial charge in [0.15, 0.2) is 0 Å². The lowest BCUT2D eigenvalue weighted by Gasteiger charge is -2.38. The molecule has 1 N–H and O–H groups in total. The van der Waals surface area contributed by atoms with E-state index in [-0.39, 0.29) is 12.5 Å². The molecule has 5 heteroatoms. The number of aliphatic imine (C=N–C) groups is 1. The van der Waals surface area contributed by atoms with Crippen LogP contribution in [0.5, 0.6) is 0 Å². The third-order valence-electron chi connectivity index (χ3n) is 6.41. The van der Waals surface area contributed by atoms with Gasteiger partial charge in [0, 0.05) is 23.1 Å². The first-order valence-corrected chi connectivity index (χ1v) is 12.0. The number of hydrogen-bond acceptors (Lipinski definition) is 3. The van der Waals surface area contributed by atoms with E-state index < -0.39 is 17.5 Å². The summed E-state index contributed by atoms with van der Waals surface area (Å²) in [7, 11) is 0. The number of carbonyl (C=O) groups is 1. The van der Waals surface area contributed by atoms with Crippen LogP contribution in [0.15, 0.2) is 114 Å². The average molecular weight is 479 g/mol. The lowest BCUT2D eigenvalue weighted by atomic mass is 9.89. The van der Waals surface area contributed by atoms with Crippen LogP contribution in [0.4, 0.5) is 10.1 Å². The zero-order chi connectivity index (χ0) is 25.0. The SMILES string of the molecule is C[C@]1(c2cc(N=C(c3ccccc3)c3ccccc3)ccc2F)CO[C@H](Cc2ccccc2)C(=O)N1. The Bertz CT molecular complexity index is 1330. The second-order valence-electron chi connectivity index (χ2n) is 9.17. The van der Waals surface area contributed by atoms with E-state index in [9.17, 15) is 4.79 Å². The molecule has 1 heterocycles. The Kier molecular flexibility index (Phi) is 6.74. The smallest absolute Gasteiger partial charge is 0.250 e. The monoisotopic (exact) mass is 478 g/mol. The number of morpholine rings is 1. The molecule has 36 heavy (non-hydrogen) atoms. The summed E-state index contributed by atoms with van der Waals surface area (Å²) in [6.07, 6.45) is -0.153. The number of carbonyl (C=O) groups excluding carboxylic acids is 1. The summed E-state index contributed by atoms with van der Waals surface area (Å²) in [5.74, 6) is -0.669. The van der Waals surface area contributed by atoms with Crippen molar-refractivity contribution in [1.29, 1.82) is 0 Å². The molecule has 2 atom stereocenters. The highest BCUT2D eigenvalue weighted by Gasteiger charge is 2.40. The quantitative estimate of drug-likeness (QED) is 0.347. The van der Waals surface area contributed by atoms with Crippen LogP contribution in [0.1, 0.15) is 29.2 Å². The van der Waals surface area contributed by atoms with Crippen LogP contribution in [0.3, 0.4) is 0 Å². The van der Waals surface area contributed by atoms with Gasteiger partial charge >= 0.3 is 0 Å². The molecule has 4 aromatic carbocycles. The molecule has 0 bridgehead atoms. The van der Waals surface area contributed by atoms with Crippen LogP contribution in [-0.2, 0) is 21.5 Å². The normalized spacial score (nSPS) is 19.4. The molecule has 1 fully saturated rings. The summed E-state index contributed by atoms with van der Waals surface area (Å²) in [5, 5.41) is 3.01. The molecular weight excluding hydrogens is 451 g/mol. The van der Waals surface area contributed by atoms with Gasteiger partial charge in [-0.05, 0) is 30.7 Å².